The van der Waals surface area contributed by atoms with Crippen molar-refractivity contribution in [2.24, 2.45) is 0 Å². The molecule has 1 saturated heterocycles. The summed E-state index contributed by atoms with van der Waals surface area (Å²) < 4.78 is 0. The Hall–Kier alpha value is -2.99. The van der Waals surface area contributed by atoms with Crippen molar-refractivity contribution in [1.82, 2.24) is 14.9 Å². The fraction of sp³-hybridized carbons (Fsp3) is 0.318. The number of carbonyl (C=O) groups excluding carboxylic acids is 1. The Labute approximate surface area is 165 Å². The Morgan fingerprint density at radius 2 is 1.82 bits per heavy atom. The molecule has 1 aromatic carbocycles. The molecule has 1 aliphatic heterocycles. The van der Waals surface area contributed by atoms with Gasteiger partial charge in [-0.1, -0.05) is 11.6 Å². The molecule has 6 heteroatoms. The molecule has 1 amide bonds. The van der Waals surface area contributed by atoms with Crippen LogP contribution < -0.4 is 10.2 Å². The van der Waals surface area contributed by atoms with Gasteiger partial charge in [-0.25, -0.2) is 4.98 Å². The number of aromatic nitrogens is 2. The predicted octanol–water partition coefficient (Wildman–Crippen LogP) is 3.25. The zero-order valence-electron chi connectivity index (χ0n) is 16.6. The van der Waals surface area contributed by atoms with Gasteiger partial charge in [0.05, 0.1) is 28.7 Å². The van der Waals surface area contributed by atoms with E-state index in [1.54, 1.807) is 6.20 Å². The summed E-state index contributed by atoms with van der Waals surface area (Å²) >= 11 is 0. The van der Waals surface area contributed by atoms with Gasteiger partial charge in [0.25, 0.3) is 5.91 Å². The highest BCUT2D eigenvalue weighted by Crippen LogP contribution is 2.20. The lowest BCUT2D eigenvalue weighted by atomic mass is 10.1. The lowest BCUT2D eigenvalue weighted by Crippen LogP contribution is -2.44. The van der Waals surface area contributed by atoms with Crippen LogP contribution >= 0.6 is 0 Å². The highest BCUT2D eigenvalue weighted by Gasteiger charge is 2.16. The first-order valence-corrected chi connectivity index (χ1v) is 9.58. The third-order valence-electron chi connectivity index (χ3n) is 5.24. The summed E-state index contributed by atoms with van der Waals surface area (Å²) in [7, 11) is 2.13. The fourth-order valence-electron chi connectivity index (χ4n) is 3.50. The number of aryl methyl sites for hydroxylation is 2. The van der Waals surface area contributed by atoms with E-state index in [2.05, 4.69) is 32.1 Å². The molecule has 4 rings (SSSR count). The van der Waals surface area contributed by atoms with Gasteiger partial charge in [0, 0.05) is 31.6 Å². The van der Waals surface area contributed by atoms with Crippen molar-refractivity contribution in [3.05, 3.63) is 59.4 Å². The number of pyridine rings is 2. The lowest BCUT2D eigenvalue weighted by molar-refractivity contribution is 0.102. The number of hydrogen-bond donors (Lipinski definition) is 1. The summed E-state index contributed by atoms with van der Waals surface area (Å²) in [6, 6.07) is 11.8. The highest BCUT2D eigenvalue weighted by molar-refractivity contribution is 6.06. The van der Waals surface area contributed by atoms with Crippen LogP contribution in [0.3, 0.4) is 0 Å². The number of anilines is 2. The molecular weight excluding hydrogens is 350 g/mol. The first kappa shape index (κ1) is 18.4. The molecule has 28 heavy (non-hydrogen) atoms. The van der Waals surface area contributed by atoms with E-state index in [9.17, 15) is 4.79 Å². The highest BCUT2D eigenvalue weighted by atomic mass is 16.1. The minimum Gasteiger partial charge on any atom is -0.354 e. The Balaban J connectivity index is 1.50. The van der Waals surface area contributed by atoms with E-state index in [1.165, 1.54) is 0 Å². The van der Waals surface area contributed by atoms with Crippen LogP contribution in [0.1, 0.15) is 21.6 Å². The van der Waals surface area contributed by atoms with Gasteiger partial charge in [-0.2, -0.15) is 0 Å². The van der Waals surface area contributed by atoms with Crippen LogP contribution in [0, 0.1) is 13.8 Å². The standard InChI is InChI=1S/C22H25N5O/c1-15-4-6-20-17(12-15)13-19(16(2)24-20)22(28)25-18-5-7-21(23-14-18)27-10-8-26(3)9-11-27/h4-7,12-14H,8-11H2,1-3H3,(H,25,28). The molecule has 144 valence electrons. The van der Waals surface area contributed by atoms with Crippen LogP contribution in [-0.2, 0) is 0 Å². The van der Waals surface area contributed by atoms with Crippen molar-refractivity contribution < 1.29 is 4.79 Å². The molecule has 0 aliphatic carbocycles. The number of nitrogens with one attached hydrogen (secondary N) is 1. The molecule has 3 heterocycles. The minimum absolute atomic E-state index is 0.164. The predicted molar refractivity (Wildman–Crippen MR) is 113 cm³/mol. The van der Waals surface area contributed by atoms with Gasteiger partial charge < -0.3 is 15.1 Å². The average molecular weight is 375 g/mol. The molecule has 0 saturated carbocycles. The topological polar surface area (TPSA) is 61.4 Å². The molecular formula is C22H25N5O. The van der Waals surface area contributed by atoms with Crippen LogP contribution in [-0.4, -0.2) is 54.0 Å². The lowest BCUT2D eigenvalue weighted by Gasteiger charge is -2.33. The quantitative estimate of drug-likeness (QED) is 0.761. The molecule has 0 atom stereocenters. The summed E-state index contributed by atoms with van der Waals surface area (Å²) in [5, 5.41) is 3.92. The van der Waals surface area contributed by atoms with Gasteiger partial charge in [-0.15, -0.1) is 0 Å². The number of amides is 1. The van der Waals surface area contributed by atoms with Crippen LogP contribution in [0.4, 0.5) is 11.5 Å². The van der Waals surface area contributed by atoms with Gasteiger partial charge in [-0.05, 0) is 51.2 Å². The van der Waals surface area contributed by atoms with Crippen molar-refractivity contribution in [2.45, 2.75) is 13.8 Å². The average Bonchev–Trinajstić information content (AvgIpc) is 2.69. The number of nitrogens with zero attached hydrogens (tertiary/aromatic N) is 4. The SMILES string of the molecule is Cc1ccc2nc(C)c(C(=O)Nc3ccc(N4CCN(C)CC4)nc3)cc2c1. The Kier molecular flexibility index (Phi) is 4.96. The van der Waals surface area contributed by atoms with Gasteiger partial charge in [0.1, 0.15) is 5.82 Å². The maximum absolute atomic E-state index is 12.8. The smallest absolute Gasteiger partial charge is 0.257 e. The van der Waals surface area contributed by atoms with E-state index < -0.39 is 0 Å². The first-order chi connectivity index (χ1) is 13.5. The third kappa shape index (κ3) is 3.82. The second-order valence-electron chi connectivity index (χ2n) is 7.47. The van der Waals surface area contributed by atoms with Crippen molar-refractivity contribution in [1.29, 1.82) is 0 Å². The number of fused-ring (bicyclic) bond motifs is 1. The second-order valence-corrected chi connectivity index (χ2v) is 7.47. The molecule has 2 aromatic heterocycles. The molecule has 1 fully saturated rings. The molecule has 6 nitrogen and oxygen atoms in total. The third-order valence-corrected chi connectivity index (χ3v) is 5.24. The summed E-state index contributed by atoms with van der Waals surface area (Å²) in [6.07, 6.45) is 1.72. The van der Waals surface area contributed by atoms with Crippen LogP contribution in [0.25, 0.3) is 10.9 Å². The Bertz CT molecular complexity index is 1010. The van der Waals surface area contributed by atoms with Gasteiger partial charge >= 0.3 is 0 Å². The normalized spacial score (nSPS) is 15.0. The maximum atomic E-state index is 12.8. The zero-order valence-corrected chi connectivity index (χ0v) is 16.6. The number of piperazine rings is 1. The molecule has 1 N–H and O–H groups in total. The van der Waals surface area contributed by atoms with Gasteiger partial charge in [0.15, 0.2) is 0 Å². The van der Waals surface area contributed by atoms with Crippen molar-refractivity contribution in [3.63, 3.8) is 0 Å². The van der Waals surface area contributed by atoms with Gasteiger partial charge in [0.2, 0.25) is 0 Å². The Morgan fingerprint density at radius 1 is 1.04 bits per heavy atom. The van der Waals surface area contributed by atoms with E-state index in [4.69, 9.17) is 0 Å². The van der Waals surface area contributed by atoms with Crippen molar-refractivity contribution in [3.8, 4) is 0 Å². The van der Waals surface area contributed by atoms with Crippen LogP contribution in [0.5, 0.6) is 0 Å². The van der Waals surface area contributed by atoms with E-state index in [0.29, 0.717) is 11.3 Å². The molecule has 0 bridgehead atoms. The minimum atomic E-state index is -0.164. The van der Waals surface area contributed by atoms with Crippen LogP contribution in [0.2, 0.25) is 0 Å². The summed E-state index contributed by atoms with van der Waals surface area (Å²) in [6.45, 7) is 7.91. The fourth-order valence-corrected chi connectivity index (χ4v) is 3.50. The largest absolute Gasteiger partial charge is 0.354 e. The monoisotopic (exact) mass is 375 g/mol. The number of rotatable bonds is 3. The van der Waals surface area contributed by atoms with Crippen LogP contribution in [0.15, 0.2) is 42.6 Å². The van der Waals surface area contributed by atoms with Gasteiger partial charge in [-0.3, -0.25) is 9.78 Å². The van der Waals surface area contributed by atoms with Crippen molar-refractivity contribution >= 4 is 28.3 Å². The molecule has 0 radical (unpaired) electrons. The van der Waals surface area contributed by atoms with E-state index >= 15 is 0 Å². The maximum Gasteiger partial charge on any atom is 0.257 e. The summed E-state index contributed by atoms with van der Waals surface area (Å²) in [4.78, 5) is 26.5. The number of hydrogen-bond acceptors (Lipinski definition) is 5. The number of carbonyl (C=O) groups is 1. The first-order valence-electron chi connectivity index (χ1n) is 9.58. The number of likely N-dealkylation sites (N-methyl/N-ethyl adjacent to an activating group) is 1. The molecule has 0 unspecified atom stereocenters. The van der Waals surface area contributed by atoms with E-state index in [0.717, 1.165) is 54.2 Å². The number of benzene rings is 1. The van der Waals surface area contributed by atoms with Crippen molar-refractivity contribution in [2.75, 3.05) is 43.4 Å². The summed E-state index contributed by atoms with van der Waals surface area (Å²) in [5.41, 5.74) is 4.04. The Morgan fingerprint density at radius 3 is 2.54 bits per heavy atom. The molecule has 1 aliphatic rings. The molecule has 0 spiro atoms. The zero-order chi connectivity index (χ0) is 19.7. The summed E-state index contributed by atoms with van der Waals surface area (Å²) in [5.74, 6) is 0.785. The molecule has 3 aromatic rings. The van der Waals surface area contributed by atoms with E-state index in [-0.39, 0.29) is 5.91 Å². The second kappa shape index (κ2) is 7.56. The van der Waals surface area contributed by atoms with E-state index in [1.807, 2.05) is 50.2 Å².